The molecule has 0 saturated carbocycles. The average Bonchev–Trinajstić information content (AvgIpc) is 3.40. The first-order chi connectivity index (χ1) is 14.5. The fourth-order valence-electron chi connectivity index (χ4n) is 3.42. The summed E-state index contributed by atoms with van der Waals surface area (Å²) in [6.07, 6.45) is 0.337. The topological polar surface area (TPSA) is 64.3 Å². The van der Waals surface area contributed by atoms with E-state index in [1.54, 1.807) is 56.7 Å². The summed E-state index contributed by atoms with van der Waals surface area (Å²) in [7, 11) is 3.10. The van der Waals surface area contributed by atoms with Gasteiger partial charge in [0.15, 0.2) is 21.9 Å². The van der Waals surface area contributed by atoms with Crippen LogP contribution in [0.25, 0.3) is 0 Å². The number of carbonyl (C=O) groups is 1. The number of ether oxygens (including phenoxy) is 2. The lowest BCUT2D eigenvalue weighted by Gasteiger charge is -2.21. The van der Waals surface area contributed by atoms with Crippen molar-refractivity contribution in [1.82, 2.24) is 5.01 Å². The summed E-state index contributed by atoms with van der Waals surface area (Å²) in [5.74, 6) is 0.383. The van der Waals surface area contributed by atoms with Crippen molar-refractivity contribution in [2.45, 2.75) is 12.5 Å². The second-order valence-electron chi connectivity index (χ2n) is 6.61. The van der Waals surface area contributed by atoms with Crippen LogP contribution >= 0.6 is 15.9 Å². The van der Waals surface area contributed by atoms with E-state index in [1.165, 1.54) is 11.1 Å². The van der Waals surface area contributed by atoms with Gasteiger partial charge < -0.3 is 13.9 Å². The Morgan fingerprint density at radius 1 is 1.13 bits per heavy atom. The third-order valence-corrected chi connectivity index (χ3v) is 5.31. The lowest BCUT2D eigenvalue weighted by molar-refractivity contribution is 0.0674. The fourth-order valence-corrected chi connectivity index (χ4v) is 3.72. The highest BCUT2D eigenvalue weighted by Gasteiger charge is 2.36. The van der Waals surface area contributed by atoms with E-state index in [2.05, 4.69) is 21.0 Å². The van der Waals surface area contributed by atoms with E-state index < -0.39 is 17.8 Å². The zero-order chi connectivity index (χ0) is 21.3. The number of hydrogen-bond donors (Lipinski definition) is 0. The van der Waals surface area contributed by atoms with E-state index in [0.717, 1.165) is 5.56 Å². The number of carbonyl (C=O) groups excluding carboxylic acids is 1. The molecule has 4 rings (SSSR count). The summed E-state index contributed by atoms with van der Waals surface area (Å²) in [5.41, 5.74) is 1.77. The zero-order valence-electron chi connectivity index (χ0n) is 16.3. The molecule has 2 heterocycles. The van der Waals surface area contributed by atoms with Crippen LogP contribution in [-0.2, 0) is 0 Å². The maximum absolute atomic E-state index is 14.6. The third kappa shape index (κ3) is 3.70. The van der Waals surface area contributed by atoms with E-state index in [1.807, 2.05) is 6.07 Å². The Morgan fingerprint density at radius 2 is 1.90 bits per heavy atom. The third-order valence-electron chi connectivity index (χ3n) is 4.88. The molecular formula is C22H18BrFN2O4. The van der Waals surface area contributed by atoms with Crippen LogP contribution in [-0.4, -0.2) is 30.8 Å². The molecule has 1 atom stereocenters. The van der Waals surface area contributed by atoms with Crippen LogP contribution < -0.4 is 9.47 Å². The number of amides is 1. The fraction of sp³-hybridized carbons (Fsp3) is 0.182. The first-order valence-electron chi connectivity index (χ1n) is 9.15. The monoisotopic (exact) mass is 472 g/mol. The van der Waals surface area contributed by atoms with Gasteiger partial charge >= 0.3 is 5.91 Å². The summed E-state index contributed by atoms with van der Waals surface area (Å²) in [4.78, 5) is 13.1. The maximum Gasteiger partial charge on any atom is 0.310 e. The van der Waals surface area contributed by atoms with Gasteiger partial charge in [0.25, 0.3) is 0 Å². The predicted molar refractivity (Wildman–Crippen MR) is 112 cm³/mol. The molecule has 1 amide bonds. The van der Waals surface area contributed by atoms with Crippen LogP contribution in [0.2, 0.25) is 0 Å². The maximum atomic E-state index is 14.6. The van der Waals surface area contributed by atoms with Crippen molar-refractivity contribution in [3.63, 3.8) is 0 Å². The van der Waals surface area contributed by atoms with Crippen molar-refractivity contribution >= 4 is 27.5 Å². The molecule has 0 fully saturated rings. The van der Waals surface area contributed by atoms with Crippen LogP contribution in [0.3, 0.4) is 0 Å². The molecule has 6 nitrogen and oxygen atoms in total. The molecule has 1 aromatic heterocycles. The second-order valence-corrected chi connectivity index (χ2v) is 7.39. The van der Waals surface area contributed by atoms with Crippen molar-refractivity contribution in [2.75, 3.05) is 14.2 Å². The molecular weight excluding hydrogens is 455 g/mol. The van der Waals surface area contributed by atoms with Gasteiger partial charge in [0.05, 0.1) is 26.0 Å². The summed E-state index contributed by atoms with van der Waals surface area (Å²) in [6, 6.07) is 14.3. The number of halogens is 2. The van der Waals surface area contributed by atoms with Crippen molar-refractivity contribution in [1.29, 1.82) is 0 Å². The molecule has 2 aromatic carbocycles. The van der Waals surface area contributed by atoms with Gasteiger partial charge in [-0.15, -0.1) is 0 Å². The number of benzene rings is 2. The molecule has 0 spiro atoms. The van der Waals surface area contributed by atoms with E-state index in [9.17, 15) is 9.18 Å². The van der Waals surface area contributed by atoms with Crippen molar-refractivity contribution < 1.29 is 23.1 Å². The Hall–Kier alpha value is -3.13. The Balaban J connectivity index is 1.76. The molecule has 1 aliphatic heterocycles. The molecule has 1 aliphatic rings. The second kappa shape index (κ2) is 8.31. The van der Waals surface area contributed by atoms with Gasteiger partial charge in [-0.3, -0.25) is 4.79 Å². The first kappa shape index (κ1) is 20.2. The number of rotatable bonds is 5. The number of methoxy groups -OCH3 is 2. The minimum absolute atomic E-state index is 0.112. The van der Waals surface area contributed by atoms with E-state index in [-0.39, 0.29) is 5.76 Å². The largest absolute Gasteiger partial charge is 0.493 e. The summed E-state index contributed by atoms with van der Waals surface area (Å²) in [5, 5.41) is 5.81. The Morgan fingerprint density at radius 3 is 2.57 bits per heavy atom. The van der Waals surface area contributed by atoms with Gasteiger partial charge in [-0.25, -0.2) is 9.40 Å². The Labute approximate surface area is 181 Å². The molecule has 3 aromatic rings. The summed E-state index contributed by atoms with van der Waals surface area (Å²) < 4.78 is 31.1. The molecule has 154 valence electrons. The molecule has 0 bridgehead atoms. The van der Waals surface area contributed by atoms with Crippen molar-refractivity contribution in [3.8, 4) is 11.5 Å². The lowest BCUT2D eigenvalue weighted by atomic mass is 9.97. The van der Waals surface area contributed by atoms with Crippen molar-refractivity contribution in [2.24, 2.45) is 5.10 Å². The summed E-state index contributed by atoms with van der Waals surface area (Å²) in [6.45, 7) is 0. The number of hydrogen-bond acceptors (Lipinski definition) is 5. The number of furan rings is 1. The molecule has 30 heavy (non-hydrogen) atoms. The normalized spacial score (nSPS) is 15.8. The smallest absolute Gasteiger partial charge is 0.310 e. The quantitative estimate of drug-likeness (QED) is 0.512. The van der Waals surface area contributed by atoms with Gasteiger partial charge in [-0.05, 0) is 52.3 Å². The minimum atomic E-state index is -0.606. The van der Waals surface area contributed by atoms with Crippen LogP contribution in [0.15, 0.2) is 68.8 Å². The van der Waals surface area contributed by atoms with Crippen LogP contribution in [0, 0.1) is 5.82 Å². The highest BCUT2D eigenvalue weighted by atomic mass is 79.9. The van der Waals surface area contributed by atoms with Crippen molar-refractivity contribution in [3.05, 3.63) is 82.0 Å². The van der Waals surface area contributed by atoms with Crippen LogP contribution in [0.4, 0.5) is 4.39 Å². The van der Waals surface area contributed by atoms with Gasteiger partial charge in [0, 0.05) is 17.5 Å². The van der Waals surface area contributed by atoms with Crippen LogP contribution in [0.5, 0.6) is 11.5 Å². The van der Waals surface area contributed by atoms with Gasteiger partial charge in [-0.1, -0.05) is 18.2 Å². The van der Waals surface area contributed by atoms with Crippen LogP contribution in [0.1, 0.15) is 34.1 Å². The number of hydrazone groups is 1. The molecule has 0 aliphatic carbocycles. The molecule has 8 heteroatoms. The van der Waals surface area contributed by atoms with Gasteiger partial charge in [0.1, 0.15) is 5.82 Å². The zero-order valence-corrected chi connectivity index (χ0v) is 17.8. The molecule has 0 radical (unpaired) electrons. The van der Waals surface area contributed by atoms with Gasteiger partial charge in [-0.2, -0.15) is 5.10 Å². The lowest BCUT2D eigenvalue weighted by Crippen LogP contribution is -2.27. The highest BCUT2D eigenvalue weighted by molar-refractivity contribution is 9.10. The SMILES string of the molecule is COc1ccc(C2=NN(C(=O)c3ccc(Br)o3)[C@@H](c3ccccc3F)C2)cc1OC. The van der Waals surface area contributed by atoms with E-state index in [0.29, 0.717) is 33.9 Å². The minimum Gasteiger partial charge on any atom is -0.493 e. The van der Waals surface area contributed by atoms with E-state index >= 15 is 0 Å². The average molecular weight is 473 g/mol. The Kier molecular flexibility index (Phi) is 5.59. The summed E-state index contributed by atoms with van der Waals surface area (Å²) >= 11 is 3.20. The predicted octanol–water partition coefficient (Wildman–Crippen LogP) is 5.19. The molecule has 0 N–H and O–H groups in total. The van der Waals surface area contributed by atoms with E-state index in [4.69, 9.17) is 13.9 Å². The molecule has 0 saturated heterocycles. The standard InChI is InChI=1S/C22H18BrFN2O4/c1-28-18-8-7-13(11-20(18)29-2)16-12-17(14-5-3-4-6-15(14)24)26(25-16)22(27)19-9-10-21(23)30-19/h3-11,17H,12H2,1-2H3/t17-/m1/s1. The Bertz CT molecular complexity index is 1130. The highest BCUT2D eigenvalue weighted by Crippen LogP contribution is 2.37. The van der Waals surface area contributed by atoms with Gasteiger partial charge in [0.2, 0.25) is 0 Å². The first-order valence-corrected chi connectivity index (χ1v) is 9.94. The molecule has 0 unspecified atom stereocenters. The number of nitrogens with zero attached hydrogens (tertiary/aromatic N) is 2.